The molecule has 0 radical (unpaired) electrons. The van der Waals surface area contributed by atoms with E-state index in [0.29, 0.717) is 15.7 Å². The van der Waals surface area contributed by atoms with Crippen LogP contribution in [0.15, 0.2) is 53.4 Å². The van der Waals surface area contributed by atoms with Crippen LogP contribution in [0.25, 0.3) is 0 Å². The molecule has 1 aliphatic rings. The zero-order chi connectivity index (χ0) is 21.7. The molecule has 1 amide bonds. The van der Waals surface area contributed by atoms with Crippen LogP contribution < -0.4 is 15.0 Å². The van der Waals surface area contributed by atoms with Gasteiger partial charge < -0.3 is 15.0 Å². The zero-order valence-electron chi connectivity index (χ0n) is 17.2. The van der Waals surface area contributed by atoms with E-state index in [9.17, 15) is 13.2 Å². The number of nitrogens with one attached hydrogen (secondary N) is 1. The lowest BCUT2D eigenvalue weighted by molar-refractivity contribution is -0.128. The molecule has 0 aromatic heterocycles. The van der Waals surface area contributed by atoms with Gasteiger partial charge >= 0.3 is 0 Å². The minimum atomic E-state index is -3.19. The minimum absolute atomic E-state index is 0.0877. The molecule has 1 aliphatic heterocycles. The third kappa shape index (κ3) is 5.67. The van der Waals surface area contributed by atoms with Crippen molar-refractivity contribution < 1.29 is 17.9 Å². The summed E-state index contributed by atoms with van der Waals surface area (Å²) < 4.78 is 29.6. The van der Waals surface area contributed by atoms with Gasteiger partial charge in [0.05, 0.1) is 10.6 Å². The lowest BCUT2D eigenvalue weighted by Crippen LogP contribution is -2.48. The number of piperidine rings is 1. The standard InChI is InChI=1S/C22H27ClN2O4S/c1-3-30(27,28)21-10-6-19(7-11-21)25-14-12-18(13-15-25)24-22(26)16(2)29-20-8-4-17(23)5-9-20/h4-11,16,18H,3,12-15H2,1-2H3,(H,24,26). The van der Waals surface area contributed by atoms with Crippen LogP contribution >= 0.6 is 11.6 Å². The van der Waals surface area contributed by atoms with Crippen LogP contribution in [0.2, 0.25) is 5.02 Å². The first-order valence-electron chi connectivity index (χ1n) is 10.1. The maximum atomic E-state index is 12.5. The molecule has 162 valence electrons. The fourth-order valence-electron chi connectivity index (χ4n) is 3.40. The average Bonchev–Trinajstić information content (AvgIpc) is 2.76. The Morgan fingerprint density at radius 2 is 1.73 bits per heavy atom. The summed E-state index contributed by atoms with van der Waals surface area (Å²) in [6.07, 6.45) is 1.03. The van der Waals surface area contributed by atoms with Crippen molar-refractivity contribution in [2.45, 2.75) is 43.7 Å². The molecule has 0 aliphatic carbocycles. The molecule has 0 spiro atoms. The SMILES string of the molecule is CCS(=O)(=O)c1ccc(N2CCC(NC(=O)C(C)Oc3ccc(Cl)cc3)CC2)cc1. The zero-order valence-corrected chi connectivity index (χ0v) is 18.7. The molecule has 30 heavy (non-hydrogen) atoms. The van der Waals surface area contributed by atoms with Crippen LogP contribution in [0.1, 0.15) is 26.7 Å². The number of hydrogen-bond acceptors (Lipinski definition) is 5. The molecule has 1 N–H and O–H groups in total. The van der Waals surface area contributed by atoms with Crippen molar-refractivity contribution in [1.82, 2.24) is 5.32 Å². The first-order valence-corrected chi connectivity index (χ1v) is 12.1. The summed E-state index contributed by atoms with van der Waals surface area (Å²) in [5.41, 5.74) is 0.995. The van der Waals surface area contributed by atoms with E-state index >= 15 is 0 Å². The van der Waals surface area contributed by atoms with Crippen molar-refractivity contribution in [1.29, 1.82) is 0 Å². The molecule has 6 nitrogen and oxygen atoms in total. The second kappa shape index (κ2) is 9.71. The third-order valence-electron chi connectivity index (χ3n) is 5.28. The first-order chi connectivity index (χ1) is 14.3. The number of anilines is 1. The number of ether oxygens (including phenoxy) is 1. The fourth-order valence-corrected chi connectivity index (χ4v) is 4.41. The second-order valence-corrected chi connectivity index (χ2v) is 10.1. The molecular weight excluding hydrogens is 424 g/mol. The Morgan fingerprint density at radius 3 is 2.30 bits per heavy atom. The van der Waals surface area contributed by atoms with Gasteiger partial charge in [-0.05, 0) is 68.3 Å². The highest BCUT2D eigenvalue weighted by Crippen LogP contribution is 2.23. The molecule has 1 fully saturated rings. The Morgan fingerprint density at radius 1 is 1.13 bits per heavy atom. The van der Waals surface area contributed by atoms with E-state index in [-0.39, 0.29) is 17.7 Å². The Bertz CT molecular complexity index is 954. The number of rotatable bonds is 7. The van der Waals surface area contributed by atoms with Gasteiger partial charge in [0, 0.05) is 29.8 Å². The van der Waals surface area contributed by atoms with Gasteiger partial charge in [0.2, 0.25) is 0 Å². The van der Waals surface area contributed by atoms with E-state index in [0.717, 1.165) is 31.6 Å². The monoisotopic (exact) mass is 450 g/mol. The summed E-state index contributed by atoms with van der Waals surface area (Å²) in [5.74, 6) is 0.556. The molecule has 1 atom stereocenters. The predicted molar refractivity (Wildman–Crippen MR) is 119 cm³/mol. The maximum absolute atomic E-state index is 12.5. The molecule has 1 saturated heterocycles. The van der Waals surface area contributed by atoms with E-state index in [1.165, 1.54) is 0 Å². The number of sulfone groups is 1. The molecule has 2 aromatic rings. The summed E-state index contributed by atoms with van der Waals surface area (Å²) in [6.45, 7) is 4.95. The molecule has 1 heterocycles. The van der Waals surface area contributed by atoms with Crippen LogP contribution in [0, 0.1) is 0 Å². The van der Waals surface area contributed by atoms with Crippen molar-refractivity contribution >= 4 is 33.0 Å². The number of carbonyl (C=O) groups is 1. The van der Waals surface area contributed by atoms with Gasteiger partial charge in [-0.1, -0.05) is 18.5 Å². The van der Waals surface area contributed by atoms with Crippen LogP contribution in [0.5, 0.6) is 5.75 Å². The van der Waals surface area contributed by atoms with E-state index in [1.807, 2.05) is 12.1 Å². The highest BCUT2D eigenvalue weighted by molar-refractivity contribution is 7.91. The number of benzene rings is 2. The average molecular weight is 451 g/mol. The number of nitrogens with zero attached hydrogens (tertiary/aromatic N) is 1. The fraction of sp³-hybridized carbons (Fsp3) is 0.409. The Hall–Kier alpha value is -2.25. The van der Waals surface area contributed by atoms with Crippen molar-refractivity contribution in [2.75, 3.05) is 23.7 Å². The summed E-state index contributed by atoms with van der Waals surface area (Å²) in [4.78, 5) is 15.0. The Kier molecular flexibility index (Phi) is 7.26. The van der Waals surface area contributed by atoms with Crippen LogP contribution in [-0.2, 0) is 14.6 Å². The van der Waals surface area contributed by atoms with E-state index in [2.05, 4.69) is 10.2 Å². The molecular formula is C22H27ClN2O4S. The smallest absolute Gasteiger partial charge is 0.260 e. The van der Waals surface area contributed by atoms with Gasteiger partial charge in [0.15, 0.2) is 15.9 Å². The lowest BCUT2D eigenvalue weighted by atomic mass is 10.0. The number of carbonyl (C=O) groups excluding carboxylic acids is 1. The summed E-state index contributed by atoms with van der Waals surface area (Å²) >= 11 is 5.86. The Balaban J connectivity index is 1.49. The third-order valence-corrected chi connectivity index (χ3v) is 7.28. The number of amides is 1. The lowest BCUT2D eigenvalue weighted by Gasteiger charge is -2.34. The van der Waals surface area contributed by atoms with E-state index < -0.39 is 15.9 Å². The molecule has 2 aromatic carbocycles. The highest BCUT2D eigenvalue weighted by atomic mass is 35.5. The normalized spacial score (nSPS) is 16.2. The molecule has 1 unspecified atom stereocenters. The van der Waals surface area contributed by atoms with Crippen LogP contribution in [0.3, 0.4) is 0 Å². The van der Waals surface area contributed by atoms with E-state index in [1.54, 1.807) is 50.2 Å². The minimum Gasteiger partial charge on any atom is -0.481 e. The number of halogens is 1. The summed E-state index contributed by atoms with van der Waals surface area (Å²) in [6, 6.07) is 14.0. The molecule has 0 saturated carbocycles. The summed E-state index contributed by atoms with van der Waals surface area (Å²) in [5, 5.41) is 3.68. The predicted octanol–water partition coefficient (Wildman–Crippen LogP) is 3.69. The van der Waals surface area contributed by atoms with Crippen molar-refractivity contribution in [2.24, 2.45) is 0 Å². The molecule has 8 heteroatoms. The van der Waals surface area contributed by atoms with Gasteiger partial charge in [-0.15, -0.1) is 0 Å². The van der Waals surface area contributed by atoms with Gasteiger partial charge in [0.1, 0.15) is 5.75 Å². The van der Waals surface area contributed by atoms with Gasteiger partial charge in [-0.25, -0.2) is 8.42 Å². The quantitative estimate of drug-likeness (QED) is 0.696. The molecule has 0 bridgehead atoms. The highest BCUT2D eigenvalue weighted by Gasteiger charge is 2.24. The second-order valence-electron chi connectivity index (χ2n) is 7.38. The topological polar surface area (TPSA) is 75.7 Å². The summed E-state index contributed by atoms with van der Waals surface area (Å²) in [7, 11) is -3.19. The van der Waals surface area contributed by atoms with Gasteiger partial charge in [0.25, 0.3) is 5.91 Å². The van der Waals surface area contributed by atoms with E-state index in [4.69, 9.17) is 16.3 Å². The van der Waals surface area contributed by atoms with Crippen molar-refractivity contribution in [3.8, 4) is 5.75 Å². The van der Waals surface area contributed by atoms with Crippen LogP contribution in [-0.4, -0.2) is 45.3 Å². The van der Waals surface area contributed by atoms with Crippen molar-refractivity contribution in [3.05, 3.63) is 53.6 Å². The molecule has 3 rings (SSSR count). The van der Waals surface area contributed by atoms with Gasteiger partial charge in [-0.2, -0.15) is 0 Å². The maximum Gasteiger partial charge on any atom is 0.260 e. The number of hydrogen-bond donors (Lipinski definition) is 1. The van der Waals surface area contributed by atoms with Crippen LogP contribution in [0.4, 0.5) is 5.69 Å². The first kappa shape index (κ1) is 22.4. The Labute approximate surface area is 183 Å². The van der Waals surface area contributed by atoms with Gasteiger partial charge in [-0.3, -0.25) is 4.79 Å². The van der Waals surface area contributed by atoms with Crippen molar-refractivity contribution in [3.63, 3.8) is 0 Å². The largest absolute Gasteiger partial charge is 0.481 e.